The number of sulfonamides is 1. The van der Waals surface area contributed by atoms with Crippen molar-refractivity contribution in [2.75, 3.05) is 24.1 Å². The number of carbonyl (C=O) groups excluding carboxylic acids is 1. The van der Waals surface area contributed by atoms with Crippen LogP contribution < -0.4 is 11.1 Å². The number of aromatic nitrogens is 1. The molecule has 1 saturated heterocycles. The van der Waals surface area contributed by atoms with Gasteiger partial charge in [0.15, 0.2) is 5.13 Å². The first-order valence-corrected chi connectivity index (χ1v) is 12.8. The molecule has 2 heterocycles. The summed E-state index contributed by atoms with van der Waals surface area (Å²) in [6, 6.07) is 10.5. The highest BCUT2D eigenvalue weighted by Crippen LogP contribution is 2.29. The molecule has 3 N–H and O–H groups in total. The normalized spacial score (nSPS) is 14.9. The van der Waals surface area contributed by atoms with Crippen molar-refractivity contribution in [1.82, 2.24) is 9.29 Å². The minimum Gasteiger partial charge on any atom is -0.398 e. The fourth-order valence-corrected chi connectivity index (χ4v) is 6.12. The zero-order valence-corrected chi connectivity index (χ0v) is 19.7. The van der Waals surface area contributed by atoms with E-state index in [1.165, 1.54) is 33.8 Å². The molecule has 2 aromatic carbocycles. The van der Waals surface area contributed by atoms with E-state index in [-0.39, 0.29) is 22.1 Å². The lowest BCUT2D eigenvalue weighted by Crippen LogP contribution is -2.36. The van der Waals surface area contributed by atoms with Gasteiger partial charge < -0.3 is 5.73 Å². The summed E-state index contributed by atoms with van der Waals surface area (Å²) in [5.74, 6) is -0.388. The van der Waals surface area contributed by atoms with Gasteiger partial charge in [-0.3, -0.25) is 10.1 Å². The number of amides is 1. The van der Waals surface area contributed by atoms with E-state index in [4.69, 9.17) is 5.73 Å². The second-order valence-electron chi connectivity index (χ2n) is 8.03. The molecule has 1 fully saturated rings. The van der Waals surface area contributed by atoms with Crippen LogP contribution >= 0.6 is 11.3 Å². The molecule has 7 nitrogen and oxygen atoms in total. The summed E-state index contributed by atoms with van der Waals surface area (Å²) in [5.41, 5.74) is 10.5. The molecule has 168 valence electrons. The molecule has 1 aliphatic rings. The van der Waals surface area contributed by atoms with Crippen molar-refractivity contribution in [2.24, 2.45) is 0 Å². The van der Waals surface area contributed by atoms with Crippen LogP contribution in [0.25, 0.3) is 11.3 Å². The Balaban J connectivity index is 1.52. The molecule has 1 aromatic heterocycles. The van der Waals surface area contributed by atoms with E-state index < -0.39 is 10.0 Å². The molecule has 1 aliphatic heterocycles. The number of hydrogen-bond donors (Lipinski definition) is 2. The number of carbonyl (C=O) groups is 1. The van der Waals surface area contributed by atoms with Gasteiger partial charge in [0.2, 0.25) is 10.0 Å². The maximum Gasteiger partial charge on any atom is 0.257 e. The number of nitrogens with one attached hydrogen (secondary N) is 1. The summed E-state index contributed by atoms with van der Waals surface area (Å²) in [6.07, 6.45) is 2.72. The van der Waals surface area contributed by atoms with Crippen LogP contribution in [0, 0.1) is 13.8 Å². The minimum atomic E-state index is -3.66. The Morgan fingerprint density at radius 3 is 2.56 bits per heavy atom. The fourth-order valence-electron chi connectivity index (χ4n) is 3.80. The van der Waals surface area contributed by atoms with Crippen molar-refractivity contribution >= 4 is 38.1 Å². The van der Waals surface area contributed by atoms with E-state index >= 15 is 0 Å². The molecule has 3 aromatic rings. The third-order valence-electron chi connectivity index (χ3n) is 5.60. The molecule has 32 heavy (non-hydrogen) atoms. The highest BCUT2D eigenvalue weighted by molar-refractivity contribution is 7.89. The standard InChI is InChI=1S/C23H26N4O3S2/c1-15-6-7-16(2)18(12-15)20-14-31-23(25-20)26-22(28)17-8-9-21(19(24)13-17)32(29,30)27-10-4-3-5-11-27/h6-9,12-14H,3-5,10-11,24H2,1-2H3,(H,25,26,28). The van der Waals surface area contributed by atoms with Crippen molar-refractivity contribution in [1.29, 1.82) is 0 Å². The Morgan fingerprint density at radius 2 is 1.84 bits per heavy atom. The summed E-state index contributed by atoms with van der Waals surface area (Å²) in [4.78, 5) is 17.3. The number of thiazole rings is 1. The first-order valence-electron chi connectivity index (χ1n) is 10.5. The number of piperidine rings is 1. The van der Waals surface area contributed by atoms with E-state index in [9.17, 15) is 13.2 Å². The Morgan fingerprint density at radius 1 is 1.09 bits per heavy atom. The van der Waals surface area contributed by atoms with Crippen molar-refractivity contribution in [3.8, 4) is 11.3 Å². The van der Waals surface area contributed by atoms with Gasteiger partial charge in [0.1, 0.15) is 4.90 Å². The number of benzene rings is 2. The molecule has 0 aliphatic carbocycles. The molecule has 0 saturated carbocycles. The summed E-state index contributed by atoms with van der Waals surface area (Å²) in [6.45, 7) is 5.04. The molecular formula is C23H26N4O3S2. The average Bonchev–Trinajstić information content (AvgIpc) is 3.24. The number of nitrogen functional groups attached to an aromatic ring is 1. The van der Waals surface area contributed by atoms with Crippen LogP contribution in [0.2, 0.25) is 0 Å². The highest BCUT2D eigenvalue weighted by Gasteiger charge is 2.28. The van der Waals surface area contributed by atoms with Crippen LogP contribution in [0.15, 0.2) is 46.7 Å². The number of anilines is 2. The molecule has 1 amide bonds. The van der Waals surface area contributed by atoms with Crippen LogP contribution in [-0.2, 0) is 10.0 Å². The van der Waals surface area contributed by atoms with Gasteiger partial charge >= 0.3 is 0 Å². The first-order chi connectivity index (χ1) is 15.3. The number of nitrogens with zero attached hydrogens (tertiary/aromatic N) is 2. The summed E-state index contributed by atoms with van der Waals surface area (Å²) < 4.78 is 27.3. The number of nitrogens with two attached hydrogens (primary N) is 1. The molecular weight excluding hydrogens is 444 g/mol. The lowest BCUT2D eigenvalue weighted by molar-refractivity contribution is 0.102. The van der Waals surface area contributed by atoms with Gasteiger partial charge in [-0.1, -0.05) is 24.1 Å². The van der Waals surface area contributed by atoms with E-state index in [0.717, 1.165) is 41.6 Å². The average molecular weight is 471 g/mol. The predicted molar refractivity (Wildman–Crippen MR) is 128 cm³/mol. The summed E-state index contributed by atoms with van der Waals surface area (Å²) >= 11 is 1.34. The molecule has 0 spiro atoms. The Kier molecular flexibility index (Phi) is 6.32. The van der Waals surface area contributed by atoms with Crippen molar-refractivity contribution in [3.63, 3.8) is 0 Å². The Bertz CT molecular complexity index is 1260. The number of hydrogen-bond acceptors (Lipinski definition) is 6. The molecule has 4 rings (SSSR count). The second kappa shape index (κ2) is 9.01. The molecule has 0 atom stereocenters. The van der Waals surface area contributed by atoms with E-state index in [2.05, 4.69) is 16.4 Å². The third kappa shape index (κ3) is 4.55. The van der Waals surface area contributed by atoms with E-state index in [1.807, 2.05) is 31.4 Å². The predicted octanol–water partition coefficient (Wildman–Crippen LogP) is 4.44. The molecule has 0 unspecified atom stereocenters. The Hall–Kier alpha value is -2.75. The first kappa shape index (κ1) is 22.4. The zero-order valence-electron chi connectivity index (χ0n) is 18.1. The fraction of sp³-hybridized carbons (Fsp3) is 0.304. The number of aryl methyl sites for hydroxylation is 2. The topological polar surface area (TPSA) is 105 Å². The maximum atomic E-state index is 12.9. The Labute approximate surface area is 192 Å². The van der Waals surface area contributed by atoms with Crippen LogP contribution in [0.4, 0.5) is 10.8 Å². The largest absolute Gasteiger partial charge is 0.398 e. The van der Waals surface area contributed by atoms with Gasteiger partial charge in [0.05, 0.1) is 11.4 Å². The van der Waals surface area contributed by atoms with E-state index in [0.29, 0.717) is 18.2 Å². The quantitative estimate of drug-likeness (QED) is 0.537. The summed E-state index contributed by atoms with van der Waals surface area (Å²) in [5, 5.41) is 5.15. The van der Waals surface area contributed by atoms with Gasteiger partial charge in [0.25, 0.3) is 5.91 Å². The maximum absolute atomic E-state index is 12.9. The van der Waals surface area contributed by atoms with Crippen LogP contribution in [0.1, 0.15) is 40.7 Å². The lowest BCUT2D eigenvalue weighted by atomic mass is 10.0. The van der Waals surface area contributed by atoms with Gasteiger partial charge in [-0.25, -0.2) is 13.4 Å². The monoisotopic (exact) mass is 470 g/mol. The van der Waals surface area contributed by atoms with Gasteiger partial charge in [-0.2, -0.15) is 4.31 Å². The highest BCUT2D eigenvalue weighted by atomic mass is 32.2. The van der Waals surface area contributed by atoms with Gasteiger partial charge in [0, 0.05) is 29.6 Å². The zero-order chi connectivity index (χ0) is 22.9. The smallest absolute Gasteiger partial charge is 0.257 e. The number of rotatable bonds is 5. The second-order valence-corrected chi connectivity index (χ2v) is 10.8. The molecule has 0 radical (unpaired) electrons. The lowest BCUT2D eigenvalue weighted by Gasteiger charge is -2.26. The summed E-state index contributed by atoms with van der Waals surface area (Å²) in [7, 11) is -3.66. The van der Waals surface area contributed by atoms with Gasteiger partial charge in [-0.05, 0) is 56.5 Å². The van der Waals surface area contributed by atoms with E-state index in [1.54, 1.807) is 0 Å². The third-order valence-corrected chi connectivity index (χ3v) is 8.33. The molecule has 0 bridgehead atoms. The minimum absolute atomic E-state index is 0.0439. The van der Waals surface area contributed by atoms with Crippen molar-refractivity contribution < 1.29 is 13.2 Å². The van der Waals surface area contributed by atoms with Crippen molar-refractivity contribution in [2.45, 2.75) is 38.0 Å². The van der Waals surface area contributed by atoms with Gasteiger partial charge in [-0.15, -0.1) is 11.3 Å². The SMILES string of the molecule is Cc1ccc(C)c(-c2csc(NC(=O)c3ccc(S(=O)(=O)N4CCCCC4)c(N)c3)n2)c1. The van der Waals surface area contributed by atoms with Crippen LogP contribution in [0.5, 0.6) is 0 Å². The molecule has 9 heteroatoms. The van der Waals surface area contributed by atoms with Crippen molar-refractivity contribution in [3.05, 3.63) is 58.5 Å². The van der Waals surface area contributed by atoms with Crippen LogP contribution in [0.3, 0.4) is 0 Å². The van der Waals surface area contributed by atoms with Crippen LogP contribution in [-0.4, -0.2) is 36.7 Å².